The highest BCUT2D eigenvalue weighted by atomic mass is 127. The van der Waals surface area contributed by atoms with Gasteiger partial charge in [-0.2, -0.15) is 0 Å². The molecule has 5 nitrogen and oxygen atoms in total. The number of guanidine groups is 1. The Labute approximate surface area is 183 Å². The van der Waals surface area contributed by atoms with E-state index in [2.05, 4.69) is 77.6 Å². The Morgan fingerprint density at radius 2 is 1.85 bits per heavy atom. The number of aliphatic imine (C=N–C) groups is 1. The van der Waals surface area contributed by atoms with Gasteiger partial charge in [0.15, 0.2) is 5.96 Å². The Hall–Kier alpha value is -0.860. The molecule has 0 bridgehead atoms. The first-order valence-electron chi connectivity index (χ1n) is 9.96. The van der Waals surface area contributed by atoms with E-state index in [1.54, 1.807) is 0 Å². The summed E-state index contributed by atoms with van der Waals surface area (Å²) >= 11 is 0. The zero-order chi connectivity index (χ0) is 18.9. The van der Waals surface area contributed by atoms with E-state index in [0.717, 1.165) is 12.5 Å². The van der Waals surface area contributed by atoms with Crippen LogP contribution in [-0.4, -0.2) is 69.1 Å². The number of halogens is 1. The first kappa shape index (κ1) is 24.2. The predicted molar refractivity (Wildman–Crippen MR) is 127 cm³/mol. The van der Waals surface area contributed by atoms with Crippen molar-refractivity contribution in [3.05, 3.63) is 35.4 Å². The summed E-state index contributed by atoms with van der Waals surface area (Å²) in [5.74, 6) is 0.915. The Morgan fingerprint density at radius 1 is 1.22 bits per heavy atom. The molecular formula is C21H38IN5. The predicted octanol–water partition coefficient (Wildman–Crippen LogP) is 3.26. The van der Waals surface area contributed by atoms with E-state index in [1.165, 1.54) is 50.0 Å². The summed E-state index contributed by atoms with van der Waals surface area (Å²) in [7, 11) is 6.12. The Bertz CT molecular complexity index is 550. The second-order valence-electron chi connectivity index (χ2n) is 7.60. The van der Waals surface area contributed by atoms with E-state index in [1.807, 2.05) is 7.05 Å². The average Bonchev–Trinajstić information content (AvgIpc) is 2.63. The van der Waals surface area contributed by atoms with E-state index in [4.69, 9.17) is 0 Å². The van der Waals surface area contributed by atoms with Gasteiger partial charge in [-0.15, -0.1) is 24.0 Å². The number of likely N-dealkylation sites (N-methyl/N-ethyl adjacent to an activating group) is 1. The number of benzene rings is 1. The summed E-state index contributed by atoms with van der Waals surface area (Å²) < 4.78 is 0. The van der Waals surface area contributed by atoms with Gasteiger partial charge in [0.25, 0.3) is 0 Å². The zero-order valence-electron chi connectivity index (χ0n) is 17.7. The van der Waals surface area contributed by atoms with Crippen LogP contribution in [0.2, 0.25) is 0 Å². The lowest BCUT2D eigenvalue weighted by Crippen LogP contribution is -2.49. The molecule has 0 saturated carbocycles. The molecule has 2 N–H and O–H groups in total. The minimum atomic E-state index is 0. The van der Waals surface area contributed by atoms with Crippen molar-refractivity contribution in [2.24, 2.45) is 4.99 Å². The maximum Gasteiger partial charge on any atom is 0.191 e. The number of hydrogen-bond donors (Lipinski definition) is 2. The van der Waals surface area contributed by atoms with Gasteiger partial charge in [-0.1, -0.05) is 36.8 Å². The summed E-state index contributed by atoms with van der Waals surface area (Å²) in [6.07, 6.45) is 3.62. The van der Waals surface area contributed by atoms with Crippen LogP contribution >= 0.6 is 24.0 Å². The molecule has 1 aromatic carbocycles. The van der Waals surface area contributed by atoms with Crippen LogP contribution in [0.25, 0.3) is 0 Å². The maximum absolute atomic E-state index is 4.44. The fourth-order valence-electron chi connectivity index (χ4n) is 3.59. The van der Waals surface area contributed by atoms with Crippen molar-refractivity contribution in [3.63, 3.8) is 0 Å². The molecule has 1 aliphatic rings. The number of nitrogens with one attached hydrogen (secondary N) is 2. The van der Waals surface area contributed by atoms with Gasteiger partial charge in [-0.05, 0) is 52.4 Å². The summed E-state index contributed by atoms with van der Waals surface area (Å²) in [6, 6.07) is 9.65. The Kier molecular flexibility index (Phi) is 11.3. The van der Waals surface area contributed by atoms with Gasteiger partial charge in [0, 0.05) is 32.7 Å². The molecule has 6 heteroatoms. The third-order valence-electron chi connectivity index (χ3n) is 5.24. The van der Waals surface area contributed by atoms with Crippen LogP contribution in [0.5, 0.6) is 0 Å². The van der Waals surface area contributed by atoms with Crippen LogP contribution in [0.1, 0.15) is 43.4 Å². The lowest BCUT2D eigenvalue weighted by molar-refractivity contribution is 0.206. The van der Waals surface area contributed by atoms with Crippen molar-refractivity contribution < 1.29 is 0 Å². The molecule has 1 unspecified atom stereocenters. The number of piperidine rings is 1. The molecule has 1 heterocycles. The third-order valence-corrected chi connectivity index (χ3v) is 5.24. The molecular weight excluding hydrogens is 449 g/mol. The standard InChI is InChI=1S/C21H37N5.HI/c1-6-13-26-14-11-19(12-15-26)24-21(22-3)23-16-20(25(4)5)18-9-7-17(2)8-10-18;/h7-10,19-20H,6,11-16H2,1-5H3,(H2,22,23,24);1H. The molecule has 1 atom stereocenters. The van der Waals surface area contributed by atoms with Crippen molar-refractivity contribution in [1.82, 2.24) is 20.4 Å². The van der Waals surface area contributed by atoms with Gasteiger partial charge in [-0.25, -0.2) is 0 Å². The van der Waals surface area contributed by atoms with Crippen LogP contribution in [-0.2, 0) is 0 Å². The van der Waals surface area contributed by atoms with Crippen molar-refractivity contribution in [2.45, 2.75) is 45.2 Å². The first-order chi connectivity index (χ1) is 12.5. The molecule has 1 saturated heterocycles. The molecule has 1 aromatic rings. The van der Waals surface area contributed by atoms with Crippen molar-refractivity contribution in [1.29, 1.82) is 0 Å². The van der Waals surface area contributed by atoms with Gasteiger partial charge < -0.3 is 20.4 Å². The minimum absolute atomic E-state index is 0. The highest BCUT2D eigenvalue weighted by molar-refractivity contribution is 14.0. The Balaban J connectivity index is 0.00000364. The SMILES string of the molecule is CCCN1CCC(NC(=NC)NCC(c2ccc(C)cc2)N(C)C)CC1.I. The molecule has 0 aliphatic carbocycles. The molecule has 0 radical (unpaired) electrons. The number of hydrogen-bond acceptors (Lipinski definition) is 3. The van der Waals surface area contributed by atoms with Gasteiger partial charge >= 0.3 is 0 Å². The van der Waals surface area contributed by atoms with Crippen LogP contribution in [0.4, 0.5) is 0 Å². The molecule has 0 spiro atoms. The highest BCUT2D eigenvalue weighted by Crippen LogP contribution is 2.18. The summed E-state index contributed by atoms with van der Waals surface area (Å²) in [5.41, 5.74) is 2.63. The topological polar surface area (TPSA) is 42.9 Å². The maximum atomic E-state index is 4.44. The quantitative estimate of drug-likeness (QED) is 0.352. The van der Waals surface area contributed by atoms with Crippen LogP contribution in [0, 0.1) is 6.92 Å². The number of likely N-dealkylation sites (tertiary alicyclic amines) is 1. The fourth-order valence-corrected chi connectivity index (χ4v) is 3.59. The average molecular weight is 487 g/mol. The fraction of sp³-hybridized carbons (Fsp3) is 0.667. The van der Waals surface area contributed by atoms with Gasteiger partial charge in [0.05, 0.1) is 6.04 Å². The summed E-state index contributed by atoms with van der Waals surface area (Å²) in [4.78, 5) is 9.26. The third kappa shape index (κ3) is 7.95. The van der Waals surface area contributed by atoms with Crippen molar-refractivity contribution in [2.75, 3.05) is 47.3 Å². The van der Waals surface area contributed by atoms with Crippen LogP contribution < -0.4 is 10.6 Å². The van der Waals surface area contributed by atoms with E-state index >= 15 is 0 Å². The second kappa shape index (κ2) is 12.6. The molecule has 27 heavy (non-hydrogen) atoms. The first-order valence-corrected chi connectivity index (χ1v) is 9.96. The van der Waals surface area contributed by atoms with E-state index in [0.29, 0.717) is 12.1 Å². The number of aryl methyl sites for hydroxylation is 1. The molecule has 1 fully saturated rings. The van der Waals surface area contributed by atoms with Crippen LogP contribution in [0.15, 0.2) is 29.3 Å². The van der Waals surface area contributed by atoms with Gasteiger partial charge in [-0.3, -0.25) is 4.99 Å². The smallest absolute Gasteiger partial charge is 0.191 e. The van der Waals surface area contributed by atoms with Crippen LogP contribution in [0.3, 0.4) is 0 Å². The molecule has 2 rings (SSSR count). The number of nitrogens with zero attached hydrogens (tertiary/aromatic N) is 3. The van der Waals surface area contributed by atoms with Crippen molar-refractivity contribution >= 4 is 29.9 Å². The normalized spacial score (nSPS) is 17.5. The largest absolute Gasteiger partial charge is 0.354 e. The van der Waals surface area contributed by atoms with Gasteiger partial charge in [0.1, 0.15) is 0 Å². The van der Waals surface area contributed by atoms with Gasteiger partial charge in [0.2, 0.25) is 0 Å². The lowest BCUT2D eigenvalue weighted by Gasteiger charge is -2.33. The second-order valence-corrected chi connectivity index (χ2v) is 7.60. The zero-order valence-corrected chi connectivity index (χ0v) is 20.0. The van der Waals surface area contributed by atoms with E-state index in [-0.39, 0.29) is 24.0 Å². The van der Waals surface area contributed by atoms with E-state index < -0.39 is 0 Å². The molecule has 154 valence electrons. The Morgan fingerprint density at radius 3 is 2.37 bits per heavy atom. The monoisotopic (exact) mass is 487 g/mol. The molecule has 1 aliphatic heterocycles. The number of rotatable bonds is 7. The van der Waals surface area contributed by atoms with E-state index in [9.17, 15) is 0 Å². The highest BCUT2D eigenvalue weighted by Gasteiger charge is 2.20. The summed E-state index contributed by atoms with van der Waals surface area (Å²) in [5, 5.41) is 7.15. The summed E-state index contributed by atoms with van der Waals surface area (Å²) in [6.45, 7) is 8.82. The molecule has 0 aromatic heterocycles. The van der Waals surface area contributed by atoms with Crippen molar-refractivity contribution in [3.8, 4) is 0 Å². The minimum Gasteiger partial charge on any atom is -0.354 e. The molecule has 0 amide bonds. The lowest BCUT2D eigenvalue weighted by atomic mass is 10.0.